The highest BCUT2D eigenvalue weighted by Gasteiger charge is 2.36. The number of carboxylic acids is 1. The van der Waals surface area contributed by atoms with Gasteiger partial charge in [-0.05, 0) is 43.7 Å². The lowest BCUT2D eigenvalue weighted by Crippen LogP contribution is -2.45. The monoisotopic (exact) mass is 551 g/mol. The molecule has 3 aromatic rings. The molecule has 0 bridgehead atoms. The summed E-state index contributed by atoms with van der Waals surface area (Å²) < 4.78 is 70.0. The lowest BCUT2D eigenvalue weighted by molar-refractivity contribution is -0.138. The Hall–Kier alpha value is -3.87. The quantitative estimate of drug-likeness (QED) is 0.376. The fourth-order valence-electron chi connectivity index (χ4n) is 4.58. The smallest absolute Gasteiger partial charge is 0.417 e. The van der Waals surface area contributed by atoms with Crippen molar-refractivity contribution in [2.75, 3.05) is 19.6 Å². The maximum atomic E-state index is 13.8. The molecule has 1 saturated heterocycles. The van der Waals surface area contributed by atoms with Crippen LogP contribution in [0.25, 0.3) is 16.9 Å². The van der Waals surface area contributed by atoms with Crippen LogP contribution >= 0.6 is 0 Å². The molecule has 1 amide bonds. The third kappa shape index (κ3) is 7.16. The van der Waals surface area contributed by atoms with E-state index in [2.05, 4.69) is 15.4 Å². The molecule has 1 aliphatic heterocycles. The molecule has 8 nitrogen and oxygen atoms in total. The lowest BCUT2D eigenvalue weighted by atomic mass is 10.0. The number of carboxylic acid groups (broad SMARTS) is 1. The number of piperidine rings is 1. The number of rotatable bonds is 9. The standard InChI is InChI=1S/C26H26F5N5O3/c27-25(28)9-4-11-35(16-25)12-8-17(13-23(37)38)33-24(39)21-14-22(36(34-21)18-5-3-10-32-15-18)19-6-1-2-7-20(19)26(29,30)31/h1-3,5-7,10,14-15,17H,4,8-9,11-13,16H2,(H,33,39)(H,37,38)/t17-/m0/s1. The summed E-state index contributed by atoms with van der Waals surface area (Å²) in [5.41, 5.74) is -1.11. The van der Waals surface area contributed by atoms with Crippen molar-refractivity contribution in [2.45, 2.75) is 43.8 Å². The van der Waals surface area contributed by atoms with Gasteiger partial charge in [0.2, 0.25) is 0 Å². The topological polar surface area (TPSA) is 100 Å². The van der Waals surface area contributed by atoms with E-state index in [1.807, 2.05) is 0 Å². The number of benzene rings is 1. The largest absolute Gasteiger partial charge is 0.481 e. The Morgan fingerprint density at radius 1 is 1.15 bits per heavy atom. The van der Waals surface area contributed by atoms with Crippen molar-refractivity contribution < 1.29 is 36.6 Å². The van der Waals surface area contributed by atoms with Crippen LogP contribution in [0.3, 0.4) is 0 Å². The van der Waals surface area contributed by atoms with Gasteiger partial charge in [0, 0.05) is 30.8 Å². The maximum Gasteiger partial charge on any atom is 0.417 e. The molecule has 2 N–H and O–H groups in total. The molecule has 2 aromatic heterocycles. The molecular weight excluding hydrogens is 525 g/mol. The van der Waals surface area contributed by atoms with E-state index < -0.39 is 48.5 Å². The summed E-state index contributed by atoms with van der Waals surface area (Å²) in [6, 6.07) is 8.25. The Morgan fingerprint density at radius 3 is 2.59 bits per heavy atom. The van der Waals surface area contributed by atoms with Crippen LogP contribution in [0.15, 0.2) is 54.9 Å². The number of nitrogens with one attached hydrogen (secondary N) is 1. The number of hydrogen-bond donors (Lipinski definition) is 2. The number of carbonyl (C=O) groups excluding carboxylic acids is 1. The highest BCUT2D eigenvalue weighted by Crippen LogP contribution is 2.38. The van der Waals surface area contributed by atoms with Gasteiger partial charge in [0.1, 0.15) is 0 Å². The summed E-state index contributed by atoms with van der Waals surface area (Å²) >= 11 is 0. The first-order valence-electron chi connectivity index (χ1n) is 12.2. The number of likely N-dealkylation sites (tertiary alicyclic amines) is 1. The predicted octanol–water partition coefficient (Wildman–Crippen LogP) is 4.65. The van der Waals surface area contributed by atoms with Gasteiger partial charge in [-0.3, -0.25) is 19.5 Å². The van der Waals surface area contributed by atoms with Crippen LogP contribution in [0.4, 0.5) is 22.0 Å². The number of carbonyl (C=O) groups is 2. The molecule has 0 radical (unpaired) electrons. The first kappa shape index (κ1) is 28.1. The number of pyridine rings is 1. The number of hydrogen-bond acceptors (Lipinski definition) is 5. The molecular formula is C26H26F5N5O3. The number of aliphatic carboxylic acids is 1. The first-order valence-corrected chi connectivity index (χ1v) is 12.2. The Labute approximate surface area is 220 Å². The Balaban J connectivity index is 1.62. The number of amides is 1. The Morgan fingerprint density at radius 2 is 1.92 bits per heavy atom. The van der Waals surface area contributed by atoms with E-state index in [1.165, 1.54) is 41.6 Å². The van der Waals surface area contributed by atoms with Crippen molar-refractivity contribution in [2.24, 2.45) is 0 Å². The van der Waals surface area contributed by atoms with Crippen LogP contribution in [0.2, 0.25) is 0 Å². The van der Waals surface area contributed by atoms with Crippen LogP contribution in [-0.4, -0.2) is 68.2 Å². The third-order valence-electron chi connectivity index (χ3n) is 6.36. The second-order valence-corrected chi connectivity index (χ2v) is 9.37. The summed E-state index contributed by atoms with van der Waals surface area (Å²) in [6.07, 6.45) is -2.13. The molecule has 4 rings (SSSR count). The minimum absolute atomic E-state index is 0.0218. The van der Waals surface area contributed by atoms with Crippen molar-refractivity contribution >= 4 is 11.9 Å². The van der Waals surface area contributed by atoms with E-state index >= 15 is 0 Å². The molecule has 0 spiro atoms. The third-order valence-corrected chi connectivity index (χ3v) is 6.36. The Kier molecular flexibility index (Phi) is 8.28. The molecule has 39 heavy (non-hydrogen) atoms. The van der Waals surface area contributed by atoms with E-state index in [0.29, 0.717) is 18.7 Å². The zero-order valence-electron chi connectivity index (χ0n) is 20.7. The van der Waals surface area contributed by atoms with Gasteiger partial charge in [-0.1, -0.05) is 18.2 Å². The fourth-order valence-corrected chi connectivity index (χ4v) is 4.58. The minimum Gasteiger partial charge on any atom is -0.481 e. The van der Waals surface area contributed by atoms with Crippen LogP contribution in [0.1, 0.15) is 41.7 Å². The first-order chi connectivity index (χ1) is 18.4. The van der Waals surface area contributed by atoms with E-state index in [9.17, 15) is 36.6 Å². The van der Waals surface area contributed by atoms with E-state index in [-0.39, 0.29) is 36.3 Å². The Bertz CT molecular complexity index is 1310. The van der Waals surface area contributed by atoms with Crippen LogP contribution in [0, 0.1) is 0 Å². The van der Waals surface area contributed by atoms with Gasteiger partial charge < -0.3 is 10.4 Å². The molecule has 0 saturated carbocycles. The second kappa shape index (κ2) is 11.5. The highest BCUT2D eigenvalue weighted by atomic mass is 19.4. The van der Waals surface area contributed by atoms with Gasteiger partial charge in [0.15, 0.2) is 5.69 Å². The molecule has 1 aromatic carbocycles. The summed E-state index contributed by atoms with van der Waals surface area (Å²) in [5.74, 6) is -4.84. The summed E-state index contributed by atoms with van der Waals surface area (Å²) in [6.45, 7) is 0.126. The van der Waals surface area contributed by atoms with E-state index in [0.717, 1.165) is 10.7 Å². The number of halogens is 5. The highest BCUT2D eigenvalue weighted by molar-refractivity contribution is 5.94. The second-order valence-electron chi connectivity index (χ2n) is 9.37. The van der Waals surface area contributed by atoms with Crippen LogP contribution < -0.4 is 5.32 Å². The number of alkyl halides is 5. The normalized spacial score (nSPS) is 16.5. The van der Waals surface area contributed by atoms with Gasteiger partial charge in [-0.25, -0.2) is 13.5 Å². The average molecular weight is 552 g/mol. The van der Waals surface area contributed by atoms with Gasteiger partial charge in [-0.15, -0.1) is 0 Å². The minimum atomic E-state index is -4.68. The van der Waals surface area contributed by atoms with Gasteiger partial charge in [0.25, 0.3) is 11.8 Å². The summed E-state index contributed by atoms with van der Waals surface area (Å²) in [5, 5.41) is 16.1. The average Bonchev–Trinajstić information content (AvgIpc) is 3.32. The van der Waals surface area contributed by atoms with Gasteiger partial charge in [-0.2, -0.15) is 18.3 Å². The van der Waals surface area contributed by atoms with Crippen LogP contribution in [-0.2, 0) is 11.0 Å². The van der Waals surface area contributed by atoms with Gasteiger partial charge in [0.05, 0.1) is 36.1 Å². The lowest BCUT2D eigenvalue weighted by Gasteiger charge is -2.33. The molecule has 208 valence electrons. The molecule has 1 aliphatic rings. The SMILES string of the molecule is O=C(O)C[C@H](CCN1CCCC(F)(F)C1)NC(=O)c1cc(-c2ccccc2C(F)(F)F)n(-c2cccnc2)n1. The molecule has 1 fully saturated rings. The molecule has 1 atom stereocenters. The number of nitrogens with zero attached hydrogens (tertiary/aromatic N) is 4. The van der Waals surface area contributed by atoms with Crippen molar-refractivity contribution in [3.05, 3.63) is 66.1 Å². The van der Waals surface area contributed by atoms with Gasteiger partial charge >= 0.3 is 12.1 Å². The van der Waals surface area contributed by atoms with E-state index in [1.54, 1.807) is 12.1 Å². The molecule has 3 heterocycles. The van der Waals surface area contributed by atoms with Crippen molar-refractivity contribution in [3.8, 4) is 16.9 Å². The van der Waals surface area contributed by atoms with Crippen molar-refractivity contribution in [1.82, 2.24) is 25.0 Å². The summed E-state index contributed by atoms with van der Waals surface area (Å²) in [4.78, 5) is 30.1. The zero-order chi connectivity index (χ0) is 28.2. The zero-order valence-corrected chi connectivity index (χ0v) is 20.7. The van der Waals surface area contributed by atoms with Crippen LogP contribution in [0.5, 0.6) is 0 Å². The molecule has 13 heteroatoms. The number of aromatic nitrogens is 3. The molecule has 0 unspecified atom stereocenters. The van der Waals surface area contributed by atoms with Crippen molar-refractivity contribution in [1.29, 1.82) is 0 Å². The van der Waals surface area contributed by atoms with Crippen molar-refractivity contribution in [3.63, 3.8) is 0 Å². The fraction of sp³-hybridized carbons (Fsp3) is 0.385. The van der Waals surface area contributed by atoms with E-state index in [4.69, 9.17) is 0 Å². The molecule has 0 aliphatic carbocycles. The summed E-state index contributed by atoms with van der Waals surface area (Å²) in [7, 11) is 0. The maximum absolute atomic E-state index is 13.8. The predicted molar refractivity (Wildman–Crippen MR) is 131 cm³/mol.